The summed E-state index contributed by atoms with van der Waals surface area (Å²) in [5, 5.41) is 2.06. The number of benzene rings is 1. The summed E-state index contributed by atoms with van der Waals surface area (Å²) in [7, 11) is 0. The van der Waals surface area contributed by atoms with Gasteiger partial charge in [-0.3, -0.25) is 4.79 Å². The number of amides is 1. The molecule has 1 amide bonds. The van der Waals surface area contributed by atoms with Crippen LogP contribution in [0.1, 0.15) is 39.2 Å². The lowest BCUT2D eigenvalue weighted by Crippen LogP contribution is -2.37. The van der Waals surface area contributed by atoms with Crippen LogP contribution in [-0.4, -0.2) is 30.1 Å². The maximum atomic E-state index is 13.1. The second kappa shape index (κ2) is 7.28. The Morgan fingerprint density at radius 3 is 2.91 bits per heavy atom. The molecule has 1 fully saturated rings. The Kier molecular flexibility index (Phi) is 5.13. The number of ether oxygens (including phenoxy) is 1. The predicted molar refractivity (Wildman–Crippen MR) is 93.9 cm³/mol. The highest BCUT2D eigenvalue weighted by molar-refractivity contribution is 7.09. The van der Waals surface area contributed by atoms with Crippen molar-refractivity contribution < 1.29 is 9.53 Å². The molecule has 0 radical (unpaired) electrons. The Labute approximate surface area is 141 Å². The van der Waals surface area contributed by atoms with Crippen LogP contribution in [0.5, 0.6) is 0 Å². The molecule has 0 spiro atoms. The molecule has 0 aliphatic carbocycles. The number of carbonyl (C=O) groups excluding carboxylic acids is 1. The molecule has 1 aromatic heterocycles. The molecule has 4 heteroatoms. The van der Waals surface area contributed by atoms with Crippen molar-refractivity contribution in [3.8, 4) is 0 Å². The summed E-state index contributed by atoms with van der Waals surface area (Å²) >= 11 is 1.69. The van der Waals surface area contributed by atoms with Crippen LogP contribution in [0.15, 0.2) is 35.7 Å². The molecule has 0 saturated carbocycles. The molecular weight excluding hydrogens is 306 g/mol. The van der Waals surface area contributed by atoms with Crippen molar-refractivity contribution in [3.05, 3.63) is 57.3 Å². The van der Waals surface area contributed by atoms with Gasteiger partial charge in [-0.15, -0.1) is 11.3 Å². The zero-order chi connectivity index (χ0) is 16.2. The first-order valence-corrected chi connectivity index (χ1v) is 9.02. The van der Waals surface area contributed by atoms with E-state index >= 15 is 0 Å². The van der Waals surface area contributed by atoms with Crippen molar-refractivity contribution in [2.45, 2.75) is 39.3 Å². The van der Waals surface area contributed by atoms with Crippen molar-refractivity contribution in [2.24, 2.45) is 0 Å². The van der Waals surface area contributed by atoms with Crippen molar-refractivity contribution in [2.75, 3.05) is 13.2 Å². The highest BCUT2D eigenvalue weighted by Crippen LogP contribution is 2.21. The molecule has 1 aliphatic heterocycles. The average molecular weight is 329 g/mol. The third kappa shape index (κ3) is 4.01. The third-order valence-electron chi connectivity index (χ3n) is 4.29. The first-order chi connectivity index (χ1) is 11.1. The molecular formula is C19H23NO2S. The smallest absolute Gasteiger partial charge is 0.254 e. The van der Waals surface area contributed by atoms with E-state index in [0.717, 1.165) is 36.1 Å². The number of hydrogen-bond acceptors (Lipinski definition) is 3. The van der Waals surface area contributed by atoms with Gasteiger partial charge < -0.3 is 9.64 Å². The van der Waals surface area contributed by atoms with E-state index in [1.807, 2.05) is 36.9 Å². The quantitative estimate of drug-likeness (QED) is 0.823. The van der Waals surface area contributed by atoms with Crippen LogP contribution in [0, 0.1) is 13.8 Å². The molecule has 122 valence electrons. The van der Waals surface area contributed by atoms with Crippen LogP contribution in [0.4, 0.5) is 0 Å². The fourth-order valence-electron chi connectivity index (χ4n) is 2.98. The second-order valence-corrected chi connectivity index (χ2v) is 7.25. The van der Waals surface area contributed by atoms with Gasteiger partial charge in [-0.2, -0.15) is 0 Å². The fourth-order valence-corrected chi connectivity index (χ4v) is 3.70. The minimum Gasteiger partial charge on any atom is -0.376 e. The summed E-state index contributed by atoms with van der Waals surface area (Å²) in [4.78, 5) is 16.3. The predicted octanol–water partition coefficient (Wildman–Crippen LogP) is 4.19. The summed E-state index contributed by atoms with van der Waals surface area (Å²) in [6.07, 6.45) is 2.31. The molecule has 2 heterocycles. The van der Waals surface area contributed by atoms with Crippen LogP contribution >= 0.6 is 11.3 Å². The number of nitrogens with zero attached hydrogens (tertiary/aromatic N) is 1. The first-order valence-electron chi connectivity index (χ1n) is 8.14. The van der Waals surface area contributed by atoms with Gasteiger partial charge >= 0.3 is 0 Å². The zero-order valence-electron chi connectivity index (χ0n) is 13.7. The van der Waals surface area contributed by atoms with Gasteiger partial charge in [0.15, 0.2) is 0 Å². The largest absolute Gasteiger partial charge is 0.376 e. The van der Waals surface area contributed by atoms with Crippen molar-refractivity contribution >= 4 is 17.2 Å². The first kappa shape index (κ1) is 16.2. The summed E-state index contributed by atoms with van der Waals surface area (Å²) in [5.74, 6) is 0.107. The van der Waals surface area contributed by atoms with E-state index in [1.54, 1.807) is 11.3 Å². The Bertz CT molecular complexity index is 660. The van der Waals surface area contributed by atoms with Gasteiger partial charge in [-0.25, -0.2) is 0 Å². The minimum atomic E-state index is 0.107. The normalized spacial score (nSPS) is 17.4. The highest BCUT2D eigenvalue weighted by atomic mass is 32.1. The lowest BCUT2D eigenvalue weighted by atomic mass is 10.0. The van der Waals surface area contributed by atoms with E-state index in [0.29, 0.717) is 13.1 Å². The molecule has 1 saturated heterocycles. The van der Waals surface area contributed by atoms with E-state index in [1.165, 1.54) is 4.88 Å². The maximum Gasteiger partial charge on any atom is 0.254 e. The van der Waals surface area contributed by atoms with E-state index in [9.17, 15) is 4.79 Å². The monoisotopic (exact) mass is 329 g/mol. The van der Waals surface area contributed by atoms with E-state index in [-0.39, 0.29) is 12.0 Å². The maximum absolute atomic E-state index is 13.1. The molecule has 1 aliphatic rings. The molecule has 0 bridgehead atoms. The van der Waals surface area contributed by atoms with Crippen LogP contribution in [0.25, 0.3) is 0 Å². The number of carbonyl (C=O) groups is 1. The highest BCUT2D eigenvalue weighted by Gasteiger charge is 2.24. The Hall–Kier alpha value is -1.65. The molecule has 0 N–H and O–H groups in total. The Morgan fingerprint density at radius 2 is 2.22 bits per heavy atom. The second-order valence-electron chi connectivity index (χ2n) is 6.22. The summed E-state index contributed by atoms with van der Waals surface area (Å²) < 4.78 is 5.75. The van der Waals surface area contributed by atoms with E-state index < -0.39 is 0 Å². The number of rotatable bonds is 5. The fraction of sp³-hybridized carbons (Fsp3) is 0.421. The van der Waals surface area contributed by atoms with Crippen LogP contribution in [-0.2, 0) is 11.3 Å². The molecule has 3 rings (SSSR count). The summed E-state index contributed by atoms with van der Waals surface area (Å²) in [6, 6.07) is 10.2. The standard InChI is InChI=1S/C19H23NO2S/c1-14-7-8-15(2)18(11-14)19(21)20(12-16-5-3-9-22-16)13-17-6-4-10-23-17/h4,6-8,10-11,16H,3,5,9,12-13H2,1-2H3. The van der Waals surface area contributed by atoms with Crippen LogP contribution in [0.3, 0.4) is 0 Å². The topological polar surface area (TPSA) is 29.5 Å². The van der Waals surface area contributed by atoms with Crippen molar-refractivity contribution in [3.63, 3.8) is 0 Å². The molecule has 2 aromatic rings. The van der Waals surface area contributed by atoms with Gasteiger partial charge in [0.25, 0.3) is 5.91 Å². The number of aryl methyl sites for hydroxylation is 2. The Balaban J connectivity index is 1.83. The van der Waals surface area contributed by atoms with Gasteiger partial charge in [0.1, 0.15) is 0 Å². The molecule has 3 nitrogen and oxygen atoms in total. The van der Waals surface area contributed by atoms with Crippen LogP contribution in [0.2, 0.25) is 0 Å². The van der Waals surface area contributed by atoms with Gasteiger partial charge in [0, 0.05) is 23.6 Å². The third-order valence-corrected chi connectivity index (χ3v) is 5.15. The van der Waals surface area contributed by atoms with E-state index in [2.05, 4.69) is 17.5 Å². The minimum absolute atomic E-state index is 0.107. The number of thiophene rings is 1. The van der Waals surface area contributed by atoms with Gasteiger partial charge in [0.2, 0.25) is 0 Å². The molecule has 1 aromatic carbocycles. The molecule has 1 unspecified atom stereocenters. The van der Waals surface area contributed by atoms with Gasteiger partial charge in [0.05, 0.1) is 12.6 Å². The molecule has 23 heavy (non-hydrogen) atoms. The summed E-state index contributed by atoms with van der Waals surface area (Å²) in [5.41, 5.74) is 2.95. The summed E-state index contributed by atoms with van der Waals surface area (Å²) in [6.45, 7) is 6.17. The van der Waals surface area contributed by atoms with Gasteiger partial charge in [-0.1, -0.05) is 23.8 Å². The lowest BCUT2D eigenvalue weighted by Gasteiger charge is -2.26. The zero-order valence-corrected chi connectivity index (χ0v) is 14.6. The van der Waals surface area contributed by atoms with E-state index in [4.69, 9.17) is 4.74 Å². The molecule has 1 atom stereocenters. The van der Waals surface area contributed by atoms with Crippen molar-refractivity contribution in [1.82, 2.24) is 4.90 Å². The van der Waals surface area contributed by atoms with Crippen molar-refractivity contribution in [1.29, 1.82) is 0 Å². The SMILES string of the molecule is Cc1ccc(C)c(C(=O)N(Cc2cccs2)CC2CCCO2)c1. The lowest BCUT2D eigenvalue weighted by molar-refractivity contribution is 0.0509. The number of hydrogen-bond donors (Lipinski definition) is 0. The van der Waals surface area contributed by atoms with Gasteiger partial charge in [-0.05, 0) is 49.8 Å². The Morgan fingerprint density at radius 1 is 1.35 bits per heavy atom. The average Bonchev–Trinajstić information content (AvgIpc) is 3.22. The van der Waals surface area contributed by atoms with Crippen LogP contribution < -0.4 is 0 Å².